The molecule has 0 heterocycles. The summed E-state index contributed by atoms with van der Waals surface area (Å²) in [5, 5.41) is 0. The molecular formula is C16H24O2. The Bertz CT molecular complexity index is 321. The van der Waals surface area contributed by atoms with Gasteiger partial charge in [0.2, 0.25) is 0 Å². The molecule has 0 unspecified atom stereocenters. The fourth-order valence-corrected chi connectivity index (χ4v) is 1.94. The minimum absolute atomic E-state index is 0.312. The van der Waals surface area contributed by atoms with Crippen LogP contribution in [0.25, 0.3) is 0 Å². The number of ether oxygens (including phenoxy) is 1. The maximum atomic E-state index is 10.6. The van der Waals surface area contributed by atoms with Crippen LogP contribution in [-0.4, -0.2) is 12.4 Å². The zero-order chi connectivity index (χ0) is 13.2. The van der Waals surface area contributed by atoms with Gasteiger partial charge >= 0.3 is 0 Å². The molecule has 0 saturated heterocycles. The molecule has 0 saturated carbocycles. The summed E-state index contributed by atoms with van der Waals surface area (Å²) in [6.07, 6.45) is 8.23. The van der Waals surface area contributed by atoms with E-state index in [1.807, 2.05) is 12.1 Å². The molecule has 0 aliphatic carbocycles. The lowest BCUT2D eigenvalue weighted by Crippen LogP contribution is -2.16. The zero-order valence-electron chi connectivity index (χ0n) is 11.5. The maximum absolute atomic E-state index is 10.6. The second kappa shape index (κ2) is 8.73. The van der Waals surface area contributed by atoms with Crippen molar-refractivity contribution in [2.24, 2.45) is 0 Å². The average Bonchev–Trinajstić information content (AvgIpc) is 2.42. The molecule has 0 N–H and O–H groups in total. The van der Waals surface area contributed by atoms with Crippen molar-refractivity contribution in [3.05, 3.63) is 29.8 Å². The monoisotopic (exact) mass is 248 g/mol. The average molecular weight is 248 g/mol. The number of carbonyl (C=O) groups excluding carboxylic acids is 1. The standard InChI is InChI=1S/C16H24O2/c1-3-5-7-15(8-6-4-2)18-16-11-9-14(13-17)10-12-16/h9-13,15H,3-8H2,1-2H3. The number of rotatable bonds is 9. The van der Waals surface area contributed by atoms with Crippen molar-refractivity contribution in [2.75, 3.05) is 0 Å². The summed E-state index contributed by atoms with van der Waals surface area (Å²) >= 11 is 0. The number of carbonyl (C=O) groups is 1. The Morgan fingerprint density at radius 2 is 1.61 bits per heavy atom. The lowest BCUT2D eigenvalue weighted by atomic mass is 10.1. The Morgan fingerprint density at radius 1 is 1.06 bits per heavy atom. The summed E-state index contributed by atoms with van der Waals surface area (Å²) in [5.41, 5.74) is 0.695. The van der Waals surface area contributed by atoms with E-state index in [4.69, 9.17) is 4.74 Å². The number of aldehydes is 1. The zero-order valence-corrected chi connectivity index (χ0v) is 11.5. The predicted octanol–water partition coefficient (Wildman–Crippen LogP) is 4.63. The van der Waals surface area contributed by atoms with Crippen molar-refractivity contribution in [3.63, 3.8) is 0 Å². The first kappa shape index (κ1) is 14.7. The van der Waals surface area contributed by atoms with Gasteiger partial charge in [-0.2, -0.15) is 0 Å². The van der Waals surface area contributed by atoms with Crippen LogP contribution in [0.1, 0.15) is 62.7 Å². The molecule has 0 radical (unpaired) electrons. The molecule has 0 aromatic heterocycles. The van der Waals surface area contributed by atoms with Gasteiger partial charge in [-0.1, -0.05) is 39.5 Å². The Morgan fingerprint density at radius 3 is 2.06 bits per heavy atom. The fourth-order valence-electron chi connectivity index (χ4n) is 1.94. The SMILES string of the molecule is CCCCC(CCCC)Oc1ccc(C=O)cc1. The van der Waals surface area contributed by atoms with Crippen LogP contribution in [0.5, 0.6) is 5.75 Å². The summed E-state index contributed by atoms with van der Waals surface area (Å²) in [6, 6.07) is 7.38. The second-order valence-corrected chi connectivity index (χ2v) is 4.71. The topological polar surface area (TPSA) is 26.3 Å². The number of hydrogen-bond donors (Lipinski definition) is 0. The van der Waals surface area contributed by atoms with Crippen molar-refractivity contribution in [1.82, 2.24) is 0 Å². The lowest BCUT2D eigenvalue weighted by Gasteiger charge is -2.18. The number of hydrogen-bond acceptors (Lipinski definition) is 2. The van der Waals surface area contributed by atoms with Crippen LogP contribution in [-0.2, 0) is 0 Å². The first-order valence-corrected chi connectivity index (χ1v) is 7.02. The molecule has 18 heavy (non-hydrogen) atoms. The Hall–Kier alpha value is -1.31. The molecule has 1 aromatic carbocycles. The van der Waals surface area contributed by atoms with E-state index < -0.39 is 0 Å². The van der Waals surface area contributed by atoms with E-state index in [0.717, 1.165) is 24.9 Å². The Kier molecular flexibility index (Phi) is 7.16. The smallest absolute Gasteiger partial charge is 0.150 e. The summed E-state index contributed by atoms with van der Waals surface area (Å²) in [4.78, 5) is 10.6. The Labute approximate surface area is 110 Å². The van der Waals surface area contributed by atoms with Gasteiger partial charge in [0.05, 0.1) is 6.10 Å². The third-order valence-electron chi connectivity index (χ3n) is 3.08. The van der Waals surface area contributed by atoms with Gasteiger partial charge in [-0.15, -0.1) is 0 Å². The van der Waals surface area contributed by atoms with Crippen LogP contribution < -0.4 is 4.74 Å². The van der Waals surface area contributed by atoms with Crippen molar-refractivity contribution in [2.45, 2.75) is 58.5 Å². The minimum atomic E-state index is 0.312. The summed E-state index contributed by atoms with van der Waals surface area (Å²) in [6.45, 7) is 4.41. The number of unbranched alkanes of at least 4 members (excludes halogenated alkanes) is 2. The highest BCUT2D eigenvalue weighted by atomic mass is 16.5. The number of benzene rings is 1. The van der Waals surface area contributed by atoms with Gasteiger partial charge < -0.3 is 4.74 Å². The van der Waals surface area contributed by atoms with E-state index in [1.54, 1.807) is 12.1 Å². The van der Waals surface area contributed by atoms with Crippen LogP contribution in [0.4, 0.5) is 0 Å². The van der Waals surface area contributed by atoms with Crippen molar-refractivity contribution < 1.29 is 9.53 Å². The van der Waals surface area contributed by atoms with Gasteiger partial charge in [-0.05, 0) is 37.1 Å². The van der Waals surface area contributed by atoms with E-state index in [-0.39, 0.29) is 0 Å². The van der Waals surface area contributed by atoms with Gasteiger partial charge in [0.1, 0.15) is 12.0 Å². The molecule has 100 valence electrons. The summed E-state index contributed by atoms with van der Waals surface area (Å²) in [5.74, 6) is 0.873. The van der Waals surface area contributed by atoms with Gasteiger partial charge in [0.15, 0.2) is 0 Å². The van der Waals surface area contributed by atoms with Gasteiger partial charge in [0, 0.05) is 5.56 Å². The molecule has 0 aliphatic heterocycles. The molecule has 2 nitrogen and oxygen atoms in total. The van der Waals surface area contributed by atoms with E-state index in [1.165, 1.54) is 25.7 Å². The van der Waals surface area contributed by atoms with Crippen LogP contribution in [0.2, 0.25) is 0 Å². The molecule has 0 spiro atoms. The van der Waals surface area contributed by atoms with E-state index in [9.17, 15) is 4.79 Å². The second-order valence-electron chi connectivity index (χ2n) is 4.71. The van der Waals surface area contributed by atoms with E-state index >= 15 is 0 Å². The quantitative estimate of drug-likeness (QED) is 0.596. The molecule has 0 aliphatic rings. The highest BCUT2D eigenvalue weighted by molar-refractivity contribution is 5.74. The van der Waals surface area contributed by atoms with Gasteiger partial charge in [0.25, 0.3) is 0 Å². The van der Waals surface area contributed by atoms with Crippen molar-refractivity contribution in [1.29, 1.82) is 0 Å². The maximum Gasteiger partial charge on any atom is 0.150 e. The highest BCUT2D eigenvalue weighted by Crippen LogP contribution is 2.18. The van der Waals surface area contributed by atoms with Crippen LogP contribution in [0.3, 0.4) is 0 Å². The normalized spacial score (nSPS) is 10.6. The third kappa shape index (κ3) is 5.35. The minimum Gasteiger partial charge on any atom is -0.490 e. The molecule has 0 bridgehead atoms. The van der Waals surface area contributed by atoms with Crippen LogP contribution >= 0.6 is 0 Å². The first-order chi connectivity index (χ1) is 8.80. The van der Waals surface area contributed by atoms with Gasteiger partial charge in [-0.25, -0.2) is 0 Å². The van der Waals surface area contributed by atoms with Crippen molar-refractivity contribution >= 4 is 6.29 Å². The van der Waals surface area contributed by atoms with E-state index in [0.29, 0.717) is 11.7 Å². The van der Waals surface area contributed by atoms with E-state index in [2.05, 4.69) is 13.8 Å². The van der Waals surface area contributed by atoms with Crippen LogP contribution in [0.15, 0.2) is 24.3 Å². The lowest BCUT2D eigenvalue weighted by molar-refractivity contribution is 0.112. The highest BCUT2D eigenvalue weighted by Gasteiger charge is 2.09. The predicted molar refractivity (Wildman–Crippen MR) is 75.3 cm³/mol. The van der Waals surface area contributed by atoms with Gasteiger partial charge in [-0.3, -0.25) is 4.79 Å². The molecule has 0 amide bonds. The third-order valence-corrected chi connectivity index (χ3v) is 3.08. The molecular weight excluding hydrogens is 224 g/mol. The molecule has 1 aromatic rings. The Balaban J connectivity index is 2.53. The largest absolute Gasteiger partial charge is 0.490 e. The first-order valence-electron chi connectivity index (χ1n) is 7.02. The van der Waals surface area contributed by atoms with Crippen molar-refractivity contribution in [3.8, 4) is 5.75 Å². The summed E-state index contributed by atoms with van der Waals surface area (Å²) < 4.78 is 6.00. The summed E-state index contributed by atoms with van der Waals surface area (Å²) in [7, 11) is 0. The molecule has 0 atom stereocenters. The molecule has 1 rings (SSSR count). The molecule has 0 fully saturated rings. The fraction of sp³-hybridized carbons (Fsp3) is 0.562. The molecule has 2 heteroatoms. The van der Waals surface area contributed by atoms with Crippen LogP contribution in [0, 0.1) is 0 Å².